The summed E-state index contributed by atoms with van der Waals surface area (Å²) >= 11 is 1.45. The molecular weight excluding hydrogens is 360 g/mol. The lowest BCUT2D eigenvalue weighted by molar-refractivity contribution is 0.408. The maximum Gasteiger partial charge on any atom is 0.206 e. The third-order valence-electron chi connectivity index (χ3n) is 4.14. The number of nitrogens with one attached hydrogen (secondary N) is 1. The van der Waals surface area contributed by atoms with E-state index < -0.39 is 0 Å². The van der Waals surface area contributed by atoms with Crippen LogP contribution in [0.25, 0.3) is 10.7 Å². The smallest absolute Gasteiger partial charge is 0.206 e. The molecule has 0 saturated carbocycles. The van der Waals surface area contributed by atoms with E-state index in [4.69, 9.17) is 4.74 Å². The fourth-order valence-electron chi connectivity index (χ4n) is 2.84. The highest BCUT2D eigenvalue weighted by Gasteiger charge is 2.23. The Balaban J connectivity index is 1.71. The number of methoxy groups -OCH3 is 1. The minimum Gasteiger partial charge on any atom is -0.496 e. The number of benzene rings is 1. The number of hydrogen-bond donors (Lipinski definition) is 1. The second kappa shape index (κ2) is 7.55. The van der Waals surface area contributed by atoms with Gasteiger partial charge in [0.05, 0.1) is 7.11 Å². The number of nitrogens with zero attached hydrogens (tertiary/aromatic N) is 5. The molecule has 0 aliphatic carbocycles. The lowest BCUT2D eigenvalue weighted by atomic mass is 10.1. The van der Waals surface area contributed by atoms with Crippen molar-refractivity contribution in [2.45, 2.75) is 6.04 Å². The molecule has 4 rings (SSSR count). The van der Waals surface area contributed by atoms with Crippen molar-refractivity contribution in [3.63, 3.8) is 0 Å². The quantitative estimate of drug-likeness (QED) is 0.553. The van der Waals surface area contributed by atoms with Gasteiger partial charge in [-0.1, -0.05) is 35.6 Å². The zero-order valence-corrected chi connectivity index (χ0v) is 15.7. The van der Waals surface area contributed by atoms with Gasteiger partial charge in [-0.3, -0.25) is 4.98 Å². The topological polar surface area (TPSA) is 77.8 Å². The highest BCUT2D eigenvalue weighted by Crippen LogP contribution is 2.34. The SMILES string of the molecule is COc1ccccc1C(Nc1nnc(-c2ccccn2)s1)c1nccn1C. The van der Waals surface area contributed by atoms with Crippen molar-refractivity contribution in [2.24, 2.45) is 7.05 Å². The molecule has 0 aliphatic rings. The molecule has 1 N–H and O–H groups in total. The summed E-state index contributed by atoms with van der Waals surface area (Å²) < 4.78 is 7.53. The molecule has 27 heavy (non-hydrogen) atoms. The molecule has 0 aliphatic heterocycles. The van der Waals surface area contributed by atoms with Crippen LogP contribution in [-0.2, 0) is 7.05 Å². The van der Waals surface area contributed by atoms with Gasteiger partial charge in [-0.15, -0.1) is 10.2 Å². The predicted molar refractivity (Wildman–Crippen MR) is 105 cm³/mol. The molecule has 3 heterocycles. The van der Waals surface area contributed by atoms with E-state index in [1.807, 2.05) is 60.3 Å². The monoisotopic (exact) mass is 378 g/mol. The van der Waals surface area contributed by atoms with Crippen LogP contribution in [0.2, 0.25) is 0 Å². The minimum atomic E-state index is -0.231. The van der Waals surface area contributed by atoms with E-state index in [0.717, 1.165) is 27.8 Å². The van der Waals surface area contributed by atoms with E-state index >= 15 is 0 Å². The first-order chi connectivity index (χ1) is 13.3. The van der Waals surface area contributed by atoms with E-state index in [2.05, 4.69) is 25.5 Å². The lowest BCUT2D eigenvalue weighted by Gasteiger charge is -2.20. The molecule has 0 amide bonds. The highest BCUT2D eigenvalue weighted by molar-refractivity contribution is 7.18. The van der Waals surface area contributed by atoms with Gasteiger partial charge < -0.3 is 14.6 Å². The second-order valence-corrected chi connectivity index (χ2v) is 6.82. The van der Waals surface area contributed by atoms with Crippen molar-refractivity contribution in [3.05, 3.63) is 72.4 Å². The molecule has 1 unspecified atom stereocenters. The fourth-order valence-corrected chi connectivity index (χ4v) is 3.59. The number of aromatic nitrogens is 5. The summed E-state index contributed by atoms with van der Waals surface area (Å²) in [5.74, 6) is 1.64. The third-order valence-corrected chi connectivity index (χ3v) is 5.02. The summed E-state index contributed by atoms with van der Waals surface area (Å²) in [4.78, 5) is 8.85. The first-order valence-electron chi connectivity index (χ1n) is 8.38. The average Bonchev–Trinajstić information content (AvgIpc) is 3.36. The number of ether oxygens (including phenoxy) is 1. The van der Waals surface area contributed by atoms with Gasteiger partial charge in [-0.2, -0.15) is 0 Å². The Kier molecular flexibility index (Phi) is 4.80. The summed E-state index contributed by atoms with van der Waals surface area (Å²) in [5.41, 5.74) is 1.78. The highest BCUT2D eigenvalue weighted by atomic mass is 32.1. The Morgan fingerprint density at radius 3 is 2.63 bits per heavy atom. The van der Waals surface area contributed by atoms with Crippen LogP contribution in [0.4, 0.5) is 5.13 Å². The standard InChI is InChI=1S/C19H18N6OS/c1-25-12-11-21-17(25)16(13-7-3-4-9-15(13)26-2)22-19-24-23-18(27-19)14-8-5-6-10-20-14/h3-12,16H,1-2H3,(H,22,24). The molecule has 0 bridgehead atoms. The van der Waals surface area contributed by atoms with Gasteiger partial charge in [0.2, 0.25) is 5.13 Å². The molecule has 136 valence electrons. The lowest BCUT2D eigenvalue weighted by Crippen LogP contribution is -2.17. The predicted octanol–water partition coefficient (Wildman–Crippen LogP) is 3.54. The third kappa shape index (κ3) is 3.52. The van der Waals surface area contributed by atoms with Gasteiger partial charge in [0.1, 0.15) is 23.3 Å². The Morgan fingerprint density at radius 2 is 1.89 bits per heavy atom. The van der Waals surface area contributed by atoms with Crippen molar-refractivity contribution in [3.8, 4) is 16.5 Å². The molecule has 0 fully saturated rings. The number of anilines is 1. The van der Waals surface area contributed by atoms with E-state index in [-0.39, 0.29) is 6.04 Å². The Morgan fingerprint density at radius 1 is 1.04 bits per heavy atom. The Labute approximate surface area is 160 Å². The molecule has 0 spiro atoms. The molecule has 1 aromatic carbocycles. The molecule has 3 aromatic heterocycles. The van der Waals surface area contributed by atoms with E-state index in [1.54, 1.807) is 19.5 Å². The van der Waals surface area contributed by atoms with Gasteiger partial charge in [-0.05, 0) is 18.2 Å². The number of hydrogen-bond acceptors (Lipinski definition) is 7. The first-order valence-corrected chi connectivity index (χ1v) is 9.19. The van der Waals surface area contributed by atoms with Crippen molar-refractivity contribution in [1.29, 1.82) is 0 Å². The van der Waals surface area contributed by atoms with Gasteiger partial charge in [0, 0.05) is 31.2 Å². The number of rotatable bonds is 6. The number of para-hydroxylation sites is 1. The van der Waals surface area contributed by atoms with Gasteiger partial charge in [0.15, 0.2) is 5.01 Å². The van der Waals surface area contributed by atoms with Crippen molar-refractivity contribution < 1.29 is 4.74 Å². The number of pyridine rings is 1. The maximum atomic E-state index is 5.56. The Bertz CT molecular complexity index is 1030. The average molecular weight is 378 g/mol. The van der Waals surface area contributed by atoms with E-state index in [9.17, 15) is 0 Å². The molecule has 8 heteroatoms. The molecule has 1 atom stereocenters. The molecular formula is C19H18N6OS. The van der Waals surface area contributed by atoms with Crippen LogP contribution >= 0.6 is 11.3 Å². The summed E-state index contributed by atoms with van der Waals surface area (Å²) in [5, 5.41) is 13.5. The van der Waals surface area contributed by atoms with Crippen LogP contribution in [0.1, 0.15) is 17.4 Å². The summed E-state index contributed by atoms with van der Waals surface area (Å²) in [7, 11) is 3.63. The number of imidazole rings is 1. The van der Waals surface area contributed by atoms with Crippen LogP contribution < -0.4 is 10.1 Å². The van der Waals surface area contributed by atoms with Crippen LogP contribution in [-0.4, -0.2) is 31.8 Å². The first kappa shape index (κ1) is 17.2. The van der Waals surface area contributed by atoms with Crippen molar-refractivity contribution in [1.82, 2.24) is 24.7 Å². The zero-order chi connectivity index (χ0) is 18.6. The van der Waals surface area contributed by atoms with Gasteiger partial charge >= 0.3 is 0 Å². The summed E-state index contributed by atoms with van der Waals surface area (Å²) in [6.45, 7) is 0. The van der Waals surface area contributed by atoms with Crippen molar-refractivity contribution >= 4 is 16.5 Å². The largest absolute Gasteiger partial charge is 0.496 e. The molecule has 0 saturated heterocycles. The number of aryl methyl sites for hydroxylation is 1. The normalized spacial score (nSPS) is 11.9. The minimum absolute atomic E-state index is 0.231. The second-order valence-electron chi connectivity index (χ2n) is 5.84. The fraction of sp³-hybridized carbons (Fsp3) is 0.158. The van der Waals surface area contributed by atoms with Crippen LogP contribution in [0.5, 0.6) is 5.75 Å². The maximum absolute atomic E-state index is 5.56. The Hall–Kier alpha value is -3.26. The molecule has 0 radical (unpaired) electrons. The molecule has 4 aromatic rings. The zero-order valence-electron chi connectivity index (χ0n) is 14.9. The van der Waals surface area contributed by atoms with Crippen molar-refractivity contribution in [2.75, 3.05) is 12.4 Å². The van der Waals surface area contributed by atoms with Crippen LogP contribution in [0.15, 0.2) is 61.1 Å². The van der Waals surface area contributed by atoms with Gasteiger partial charge in [-0.25, -0.2) is 4.98 Å². The van der Waals surface area contributed by atoms with Crippen LogP contribution in [0.3, 0.4) is 0 Å². The summed E-state index contributed by atoms with van der Waals surface area (Å²) in [6.07, 6.45) is 5.44. The van der Waals surface area contributed by atoms with Gasteiger partial charge in [0.25, 0.3) is 0 Å². The molecule has 7 nitrogen and oxygen atoms in total. The summed E-state index contributed by atoms with van der Waals surface area (Å²) in [6, 6.07) is 13.4. The van der Waals surface area contributed by atoms with E-state index in [0.29, 0.717) is 5.13 Å². The van der Waals surface area contributed by atoms with E-state index in [1.165, 1.54) is 11.3 Å². The van der Waals surface area contributed by atoms with Crippen LogP contribution in [0, 0.1) is 0 Å².